The van der Waals surface area contributed by atoms with Gasteiger partial charge in [0.1, 0.15) is 0 Å². The summed E-state index contributed by atoms with van der Waals surface area (Å²) in [5.41, 5.74) is 0.899. The van der Waals surface area contributed by atoms with E-state index >= 15 is 0 Å². The second-order valence-corrected chi connectivity index (χ2v) is 6.43. The fourth-order valence-electron chi connectivity index (χ4n) is 3.08. The molecule has 0 unspecified atom stereocenters. The number of morpholine rings is 1. The average Bonchev–Trinajstić information content (AvgIpc) is 2.78. The average molecular weight is 399 g/mol. The van der Waals surface area contributed by atoms with Crippen molar-refractivity contribution in [2.24, 2.45) is 0 Å². The van der Waals surface area contributed by atoms with E-state index in [0.717, 1.165) is 0 Å². The third kappa shape index (κ3) is 5.06. The zero-order valence-electron chi connectivity index (χ0n) is 16.6. The SMILES string of the molecule is CCOc1ccc(C(=O)O[C@@H](C(=O)N2CCOCC2)c2ccccc2)cc1OC. The number of hydrogen-bond acceptors (Lipinski definition) is 6. The van der Waals surface area contributed by atoms with E-state index in [1.54, 1.807) is 35.2 Å². The van der Waals surface area contributed by atoms with E-state index in [9.17, 15) is 9.59 Å². The highest BCUT2D eigenvalue weighted by atomic mass is 16.5. The normalized spacial score (nSPS) is 14.8. The van der Waals surface area contributed by atoms with Crippen LogP contribution in [0.4, 0.5) is 0 Å². The van der Waals surface area contributed by atoms with Crippen LogP contribution in [0.1, 0.15) is 28.9 Å². The number of carbonyl (C=O) groups is 2. The number of amides is 1. The summed E-state index contributed by atoms with van der Waals surface area (Å²) in [6, 6.07) is 13.8. The van der Waals surface area contributed by atoms with Gasteiger partial charge in [-0.2, -0.15) is 0 Å². The van der Waals surface area contributed by atoms with E-state index < -0.39 is 12.1 Å². The Bertz CT molecular complexity index is 832. The lowest BCUT2D eigenvalue weighted by atomic mass is 10.1. The highest BCUT2D eigenvalue weighted by molar-refractivity contribution is 5.93. The maximum absolute atomic E-state index is 13.1. The number of methoxy groups -OCH3 is 1. The first kappa shape index (κ1) is 20.7. The van der Waals surface area contributed by atoms with Crippen LogP contribution in [-0.2, 0) is 14.3 Å². The molecule has 154 valence electrons. The van der Waals surface area contributed by atoms with Crippen LogP contribution in [0.25, 0.3) is 0 Å². The van der Waals surface area contributed by atoms with Gasteiger partial charge in [0.25, 0.3) is 5.91 Å². The molecule has 0 N–H and O–H groups in total. The molecule has 29 heavy (non-hydrogen) atoms. The number of nitrogens with zero attached hydrogens (tertiary/aromatic N) is 1. The Morgan fingerprint density at radius 1 is 1.07 bits per heavy atom. The molecule has 1 atom stereocenters. The van der Waals surface area contributed by atoms with Crippen LogP contribution in [0.5, 0.6) is 11.5 Å². The van der Waals surface area contributed by atoms with Crippen LogP contribution in [0.2, 0.25) is 0 Å². The molecule has 1 saturated heterocycles. The second kappa shape index (κ2) is 9.93. The minimum absolute atomic E-state index is 0.259. The Balaban J connectivity index is 1.83. The first-order valence-electron chi connectivity index (χ1n) is 9.57. The number of hydrogen-bond donors (Lipinski definition) is 0. The minimum atomic E-state index is -1.03. The predicted molar refractivity (Wildman–Crippen MR) is 106 cm³/mol. The Hall–Kier alpha value is -3.06. The molecule has 7 nitrogen and oxygen atoms in total. The van der Waals surface area contributed by atoms with E-state index in [2.05, 4.69) is 0 Å². The molecule has 3 rings (SSSR count). The van der Waals surface area contributed by atoms with Crippen molar-refractivity contribution in [3.05, 3.63) is 59.7 Å². The van der Waals surface area contributed by atoms with Crippen molar-refractivity contribution in [1.82, 2.24) is 4.90 Å². The zero-order chi connectivity index (χ0) is 20.6. The smallest absolute Gasteiger partial charge is 0.339 e. The van der Waals surface area contributed by atoms with Gasteiger partial charge in [-0.3, -0.25) is 4.79 Å². The van der Waals surface area contributed by atoms with Crippen molar-refractivity contribution in [2.45, 2.75) is 13.0 Å². The lowest BCUT2D eigenvalue weighted by Crippen LogP contribution is -2.44. The summed E-state index contributed by atoms with van der Waals surface area (Å²) in [5.74, 6) is 0.0974. The molecule has 0 aromatic heterocycles. The van der Waals surface area contributed by atoms with Gasteiger partial charge in [0.05, 0.1) is 32.5 Å². The van der Waals surface area contributed by atoms with Crippen molar-refractivity contribution in [3.63, 3.8) is 0 Å². The first-order chi connectivity index (χ1) is 14.1. The minimum Gasteiger partial charge on any atom is -0.493 e. The lowest BCUT2D eigenvalue weighted by Gasteiger charge is -2.30. The van der Waals surface area contributed by atoms with Crippen LogP contribution in [0.15, 0.2) is 48.5 Å². The maximum atomic E-state index is 13.1. The molecule has 1 fully saturated rings. The molecule has 2 aromatic carbocycles. The van der Waals surface area contributed by atoms with Crippen molar-refractivity contribution < 1.29 is 28.5 Å². The summed E-state index contributed by atoms with van der Waals surface area (Å²) in [4.78, 5) is 27.6. The quantitative estimate of drug-likeness (QED) is 0.667. The largest absolute Gasteiger partial charge is 0.493 e. The summed E-state index contributed by atoms with van der Waals surface area (Å²) in [7, 11) is 1.50. The summed E-state index contributed by atoms with van der Waals surface area (Å²) in [6.45, 7) is 4.22. The van der Waals surface area contributed by atoms with E-state index in [-0.39, 0.29) is 11.5 Å². The van der Waals surface area contributed by atoms with Crippen molar-refractivity contribution in [3.8, 4) is 11.5 Å². The molecule has 0 bridgehead atoms. The summed E-state index contributed by atoms with van der Waals surface area (Å²) < 4.78 is 21.8. The maximum Gasteiger partial charge on any atom is 0.339 e. The van der Waals surface area contributed by atoms with E-state index in [1.165, 1.54) is 7.11 Å². The van der Waals surface area contributed by atoms with Crippen molar-refractivity contribution in [1.29, 1.82) is 0 Å². The van der Waals surface area contributed by atoms with E-state index in [0.29, 0.717) is 50.0 Å². The Morgan fingerprint density at radius 3 is 2.45 bits per heavy atom. The molecule has 0 spiro atoms. The highest BCUT2D eigenvalue weighted by Gasteiger charge is 2.31. The standard InChI is InChI=1S/C22H25NO6/c1-3-28-18-10-9-17(15-19(18)26-2)22(25)29-20(16-7-5-4-6-8-16)21(24)23-11-13-27-14-12-23/h4-10,15,20H,3,11-14H2,1-2H3/t20-/m1/s1. The van der Waals surface area contributed by atoms with Gasteiger partial charge in [-0.15, -0.1) is 0 Å². The number of benzene rings is 2. The molecule has 1 heterocycles. The molecule has 2 aromatic rings. The third-order valence-corrected chi connectivity index (χ3v) is 4.57. The van der Waals surface area contributed by atoms with Gasteiger partial charge in [0.2, 0.25) is 6.10 Å². The van der Waals surface area contributed by atoms with Gasteiger partial charge in [-0.05, 0) is 25.1 Å². The number of ether oxygens (including phenoxy) is 4. The number of carbonyl (C=O) groups excluding carboxylic acids is 2. The Morgan fingerprint density at radius 2 is 1.79 bits per heavy atom. The van der Waals surface area contributed by atoms with Crippen LogP contribution in [0, 0.1) is 0 Å². The van der Waals surface area contributed by atoms with Crippen LogP contribution >= 0.6 is 0 Å². The molecular weight excluding hydrogens is 374 g/mol. The highest BCUT2D eigenvalue weighted by Crippen LogP contribution is 2.29. The van der Waals surface area contributed by atoms with Gasteiger partial charge in [0, 0.05) is 18.7 Å². The van der Waals surface area contributed by atoms with Gasteiger partial charge < -0.3 is 23.8 Å². The van der Waals surface area contributed by atoms with Gasteiger partial charge >= 0.3 is 5.97 Å². The molecule has 0 aliphatic carbocycles. The molecule has 0 saturated carbocycles. The summed E-state index contributed by atoms with van der Waals surface area (Å²) in [5, 5.41) is 0. The van der Waals surface area contributed by atoms with Crippen LogP contribution in [0.3, 0.4) is 0 Å². The summed E-state index contributed by atoms with van der Waals surface area (Å²) >= 11 is 0. The fourth-order valence-corrected chi connectivity index (χ4v) is 3.08. The molecule has 7 heteroatoms. The molecule has 1 aliphatic heterocycles. The van der Waals surface area contributed by atoms with Crippen LogP contribution < -0.4 is 9.47 Å². The van der Waals surface area contributed by atoms with E-state index in [4.69, 9.17) is 18.9 Å². The molecular formula is C22H25NO6. The van der Waals surface area contributed by atoms with Crippen molar-refractivity contribution >= 4 is 11.9 Å². The topological polar surface area (TPSA) is 74.3 Å². The fraction of sp³-hybridized carbons (Fsp3) is 0.364. The first-order valence-corrected chi connectivity index (χ1v) is 9.57. The molecule has 1 aliphatic rings. The number of esters is 1. The zero-order valence-corrected chi connectivity index (χ0v) is 16.6. The third-order valence-electron chi connectivity index (χ3n) is 4.57. The molecule has 0 radical (unpaired) electrons. The molecule has 1 amide bonds. The van der Waals surface area contributed by atoms with Crippen molar-refractivity contribution in [2.75, 3.05) is 40.0 Å². The number of rotatable bonds is 7. The lowest BCUT2D eigenvalue weighted by molar-refractivity contribution is -0.145. The van der Waals surface area contributed by atoms with E-state index in [1.807, 2.05) is 25.1 Å². The van der Waals surface area contributed by atoms with Gasteiger partial charge in [0.15, 0.2) is 11.5 Å². The van der Waals surface area contributed by atoms with Crippen LogP contribution in [-0.4, -0.2) is 56.8 Å². The van der Waals surface area contributed by atoms with Gasteiger partial charge in [-0.25, -0.2) is 4.79 Å². The monoisotopic (exact) mass is 399 g/mol. The Labute approximate surface area is 170 Å². The predicted octanol–water partition coefficient (Wildman–Crippen LogP) is 2.85. The Kier molecular flexibility index (Phi) is 7.08. The van der Waals surface area contributed by atoms with Gasteiger partial charge in [-0.1, -0.05) is 30.3 Å². The summed E-state index contributed by atoms with van der Waals surface area (Å²) in [6.07, 6.45) is -1.03. The second-order valence-electron chi connectivity index (χ2n) is 6.43.